The summed E-state index contributed by atoms with van der Waals surface area (Å²) < 4.78 is 0. The lowest BCUT2D eigenvalue weighted by molar-refractivity contribution is 0.0954. The van der Waals surface area contributed by atoms with E-state index in [0.29, 0.717) is 0 Å². The van der Waals surface area contributed by atoms with Gasteiger partial charge >= 0.3 is 0 Å². The van der Waals surface area contributed by atoms with Gasteiger partial charge < -0.3 is 0 Å². The first-order chi connectivity index (χ1) is 4.86. The van der Waals surface area contributed by atoms with Crippen molar-refractivity contribution in [2.75, 3.05) is 32.8 Å². The topological polar surface area (TPSA) is 6.48 Å². The summed E-state index contributed by atoms with van der Waals surface area (Å²) in [5.41, 5.74) is 0. The minimum Gasteiger partial charge on any atom is -0.291 e. The highest BCUT2D eigenvalue weighted by Gasteiger charge is 2.13. The molecule has 2 nitrogen and oxygen atoms in total. The molecule has 0 aromatic heterocycles. The zero-order valence-electron chi connectivity index (χ0n) is 7.14. The molecule has 0 aliphatic carbocycles. The van der Waals surface area contributed by atoms with Gasteiger partial charge in [0.2, 0.25) is 0 Å². The van der Waals surface area contributed by atoms with Crippen LogP contribution in [0.4, 0.5) is 0 Å². The van der Waals surface area contributed by atoms with Gasteiger partial charge in [-0.15, -0.1) is 0 Å². The van der Waals surface area contributed by atoms with Crippen molar-refractivity contribution < 1.29 is 0 Å². The maximum atomic E-state index is 2.49. The second-order valence-corrected chi connectivity index (χ2v) is 2.92. The molecule has 1 heterocycles. The molecule has 1 fully saturated rings. The van der Waals surface area contributed by atoms with Crippen LogP contribution in [0.5, 0.6) is 0 Å². The number of rotatable bonds is 2. The molecule has 0 aromatic rings. The van der Waals surface area contributed by atoms with Crippen LogP contribution in [0.3, 0.4) is 0 Å². The van der Waals surface area contributed by atoms with E-state index in [1.807, 2.05) is 0 Å². The maximum Gasteiger partial charge on any atom is 0.0505 e. The number of hydrogen-bond donors (Lipinski definition) is 0. The van der Waals surface area contributed by atoms with Crippen LogP contribution in [-0.4, -0.2) is 42.6 Å². The highest BCUT2D eigenvalue weighted by molar-refractivity contribution is 4.65. The predicted molar refractivity (Wildman–Crippen MR) is 44.0 cm³/mol. The van der Waals surface area contributed by atoms with Gasteiger partial charge in [-0.1, -0.05) is 13.8 Å². The Morgan fingerprint density at radius 3 is 1.90 bits per heavy atom. The minimum absolute atomic E-state index is 1.19. The quantitative estimate of drug-likeness (QED) is 0.567. The first-order valence-corrected chi connectivity index (χ1v) is 4.31. The van der Waals surface area contributed by atoms with Gasteiger partial charge in [-0.25, -0.2) is 0 Å². The number of hydrogen-bond acceptors (Lipinski definition) is 2. The summed E-state index contributed by atoms with van der Waals surface area (Å²) in [4.78, 5) is 4.99. The van der Waals surface area contributed by atoms with Crippen LogP contribution in [0.15, 0.2) is 0 Å². The summed E-state index contributed by atoms with van der Waals surface area (Å²) in [6.45, 7) is 10.7. The average molecular weight is 142 g/mol. The molecule has 1 rings (SSSR count). The first kappa shape index (κ1) is 8.02. The average Bonchev–Trinajstić information content (AvgIpc) is 2.05. The summed E-state index contributed by atoms with van der Waals surface area (Å²) in [5, 5.41) is 0. The molecule has 0 amide bonds. The summed E-state index contributed by atoms with van der Waals surface area (Å²) in [5.74, 6) is 0. The van der Waals surface area contributed by atoms with E-state index >= 15 is 0 Å². The predicted octanol–water partition coefficient (Wildman–Crippen LogP) is 0.991. The molecular weight excluding hydrogens is 124 g/mol. The van der Waals surface area contributed by atoms with Crippen molar-refractivity contribution in [3.63, 3.8) is 0 Å². The Labute approximate surface area is 63.8 Å². The van der Waals surface area contributed by atoms with Crippen LogP contribution in [-0.2, 0) is 0 Å². The molecule has 1 saturated heterocycles. The summed E-state index contributed by atoms with van der Waals surface area (Å²) in [6.07, 6.45) is 1.35. The SMILES string of the molecule is CCN1CCCN(CC)C1. The maximum absolute atomic E-state index is 2.49. The lowest BCUT2D eigenvalue weighted by Gasteiger charge is -2.34. The third-order valence-corrected chi connectivity index (χ3v) is 2.24. The zero-order chi connectivity index (χ0) is 7.40. The molecule has 0 spiro atoms. The van der Waals surface area contributed by atoms with Crippen molar-refractivity contribution in [1.82, 2.24) is 9.80 Å². The third-order valence-electron chi connectivity index (χ3n) is 2.24. The van der Waals surface area contributed by atoms with Crippen LogP contribution < -0.4 is 0 Å². The summed E-state index contributed by atoms with van der Waals surface area (Å²) >= 11 is 0. The van der Waals surface area contributed by atoms with E-state index in [4.69, 9.17) is 0 Å². The van der Waals surface area contributed by atoms with Gasteiger partial charge in [-0.2, -0.15) is 0 Å². The molecule has 0 bridgehead atoms. The Balaban J connectivity index is 2.25. The monoisotopic (exact) mass is 142 g/mol. The molecule has 0 unspecified atom stereocenters. The van der Waals surface area contributed by atoms with Crippen molar-refractivity contribution in [2.24, 2.45) is 0 Å². The second kappa shape index (κ2) is 3.94. The van der Waals surface area contributed by atoms with E-state index in [1.54, 1.807) is 0 Å². The molecule has 0 N–H and O–H groups in total. The second-order valence-electron chi connectivity index (χ2n) is 2.92. The van der Waals surface area contributed by atoms with E-state index < -0.39 is 0 Å². The lowest BCUT2D eigenvalue weighted by Crippen LogP contribution is -2.44. The molecule has 1 aliphatic heterocycles. The largest absolute Gasteiger partial charge is 0.291 e. The van der Waals surface area contributed by atoms with E-state index in [9.17, 15) is 0 Å². The minimum atomic E-state index is 1.19. The van der Waals surface area contributed by atoms with Gasteiger partial charge in [0.1, 0.15) is 0 Å². The molecule has 0 saturated carbocycles. The Kier molecular flexibility index (Phi) is 3.16. The van der Waals surface area contributed by atoms with Gasteiger partial charge in [0, 0.05) is 13.1 Å². The molecular formula is C8H18N2. The fourth-order valence-electron chi connectivity index (χ4n) is 1.46. The van der Waals surface area contributed by atoms with Gasteiger partial charge in [-0.3, -0.25) is 9.80 Å². The van der Waals surface area contributed by atoms with E-state index in [0.717, 1.165) is 0 Å². The summed E-state index contributed by atoms with van der Waals surface area (Å²) in [6, 6.07) is 0. The van der Waals surface area contributed by atoms with Gasteiger partial charge in [0.25, 0.3) is 0 Å². The summed E-state index contributed by atoms with van der Waals surface area (Å²) in [7, 11) is 0. The van der Waals surface area contributed by atoms with Crippen molar-refractivity contribution in [3.05, 3.63) is 0 Å². The van der Waals surface area contributed by atoms with Crippen molar-refractivity contribution >= 4 is 0 Å². The Morgan fingerprint density at radius 1 is 1.00 bits per heavy atom. The van der Waals surface area contributed by atoms with Crippen LogP contribution in [0.2, 0.25) is 0 Å². The molecule has 60 valence electrons. The first-order valence-electron chi connectivity index (χ1n) is 4.31. The van der Waals surface area contributed by atoms with Gasteiger partial charge in [-0.05, 0) is 19.5 Å². The third kappa shape index (κ3) is 1.96. The fourth-order valence-corrected chi connectivity index (χ4v) is 1.46. The van der Waals surface area contributed by atoms with Crippen LogP contribution >= 0.6 is 0 Å². The molecule has 2 heteroatoms. The Morgan fingerprint density at radius 2 is 1.50 bits per heavy atom. The fraction of sp³-hybridized carbons (Fsp3) is 1.00. The van der Waals surface area contributed by atoms with Crippen molar-refractivity contribution in [3.8, 4) is 0 Å². The van der Waals surface area contributed by atoms with Crippen LogP contribution in [0.1, 0.15) is 20.3 Å². The van der Waals surface area contributed by atoms with Crippen LogP contribution in [0.25, 0.3) is 0 Å². The van der Waals surface area contributed by atoms with Gasteiger partial charge in [0.15, 0.2) is 0 Å². The molecule has 1 aliphatic rings. The van der Waals surface area contributed by atoms with E-state index in [2.05, 4.69) is 23.6 Å². The lowest BCUT2D eigenvalue weighted by atomic mass is 10.3. The Hall–Kier alpha value is -0.0800. The molecule has 0 atom stereocenters. The zero-order valence-corrected chi connectivity index (χ0v) is 7.14. The Bertz CT molecular complexity index is 83.3. The van der Waals surface area contributed by atoms with Crippen molar-refractivity contribution in [2.45, 2.75) is 20.3 Å². The smallest absolute Gasteiger partial charge is 0.0505 e. The van der Waals surface area contributed by atoms with Gasteiger partial charge in [0.05, 0.1) is 6.67 Å². The molecule has 0 aromatic carbocycles. The standard InChI is InChI=1S/C8H18N2/c1-3-9-6-5-7-10(4-2)8-9/h3-8H2,1-2H3. The highest BCUT2D eigenvalue weighted by Crippen LogP contribution is 2.03. The van der Waals surface area contributed by atoms with E-state index in [1.165, 1.54) is 39.3 Å². The van der Waals surface area contributed by atoms with E-state index in [-0.39, 0.29) is 0 Å². The van der Waals surface area contributed by atoms with Crippen LogP contribution in [0, 0.1) is 0 Å². The molecule has 10 heavy (non-hydrogen) atoms. The molecule has 0 radical (unpaired) electrons. The number of nitrogens with zero attached hydrogens (tertiary/aromatic N) is 2. The normalized spacial score (nSPS) is 23.4. The van der Waals surface area contributed by atoms with Crippen molar-refractivity contribution in [1.29, 1.82) is 0 Å². The highest BCUT2D eigenvalue weighted by atomic mass is 15.3.